The van der Waals surface area contributed by atoms with E-state index in [1.165, 1.54) is 37.3 Å². The fourth-order valence-corrected chi connectivity index (χ4v) is 2.27. The summed E-state index contributed by atoms with van der Waals surface area (Å²) < 4.78 is 0. The first-order chi connectivity index (χ1) is 6.14. The third-order valence-corrected chi connectivity index (χ3v) is 3.47. The minimum Gasteiger partial charge on any atom is -0.313 e. The molecule has 1 N–H and O–H groups in total. The molecule has 1 aliphatic rings. The Kier molecular flexibility index (Phi) is 4.60. The summed E-state index contributed by atoms with van der Waals surface area (Å²) in [6, 6.07) is 0.859. The van der Waals surface area contributed by atoms with Crippen LogP contribution in [0.15, 0.2) is 0 Å². The molecule has 0 unspecified atom stereocenters. The van der Waals surface area contributed by atoms with Crippen LogP contribution in [0, 0.1) is 5.41 Å². The van der Waals surface area contributed by atoms with Crippen LogP contribution in [0.4, 0.5) is 0 Å². The first kappa shape index (κ1) is 11.4. The van der Waals surface area contributed by atoms with E-state index in [9.17, 15) is 0 Å². The summed E-state index contributed by atoms with van der Waals surface area (Å²) in [4.78, 5) is 0. The van der Waals surface area contributed by atoms with Gasteiger partial charge in [-0.3, -0.25) is 0 Å². The largest absolute Gasteiger partial charge is 0.313 e. The molecule has 1 rings (SSSR count). The highest BCUT2D eigenvalue weighted by atomic mass is 32.2. The van der Waals surface area contributed by atoms with Gasteiger partial charge >= 0.3 is 0 Å². The van der Waals surface area contributed by atoms with E-state index in [2.05, 4.69) is 37.8 Å². The van der Waals surface area contributed by atoms with Gasteiger partial charge in [0.1, 0.15) is 0 Å². The monoisotopic (exact) mass is 201 g/mol. The summed E-state index contributed by atoms with van der Waals surface area (Å²) in [6.07, 6.45) is 4.14. The van der Waals surface area contributed by atoms with Crippen molar-refractivity contribution in [1.29, 1.82) is 0 Å². The molecule has 1 nitrogen and oxygen atoms in total. The van der Waals surface area contributed by atoms with Gasteiger partial charge in [0.25, 0.3) is 0 Å². The molecule has 0 aromatic rings. The maximum absolute atomic E-state index is 3.61. The van der Waals surface area contributed by atoms with E-state index in [1.54, 1.807) is 0 Å². The smallest absolute Gasteiger partial charge is 0.00684 e. The Hall–Kier alpha value is 0.310. The van der Waals surface area contributed by atoms with Crippen LogP contribution in [0.25, 0.3) is 0 Å². The van der Waals surface area contributed by atoms with E-state index in [0.29, 0.717) is 5.41 Å². The molecule has 0 aromatic heterocycles. The molecule has 1 aliphatic carbocycles. The topological polar surface area (TPSA) is 12.0 Å². The van der Waals surface area contributed by atoms with Crippen molar-refractivity contribution >= 4 is 11.8 Å². The van der Waals surface area contributed by atoms with Crippen molar-refractivity contribution in [2.24, 2.45) is 5.41 Å². The second kappa shape index (κ2) is 5.26. The molecular weight excluding hydrogens is 178 g/mol. The van der Waals surface area contributed by atoms with Gasteiger partial charge in [-0.05, 0) is 36.2 Å². The Morgan fingerprint density at radius 1 is 1.38 bits per heavy atom. The lowest BCUT2D eigenvalue weighted by molar-refractivity contribution is 0.330. The van der Waals surface area contributed by atoms with Gasteiger partial charge in [-0.2, -0.15) is 11.8 Å². The highest BCUT2D eigenvalue weighted by Gasteiger charge is 2.24. The summed E-state index contributed by atoms with van der Waals surface area (Å²) in [5.74, 6) is 2.57. The Morgan fingerprint density at radius 3 is 2.62 bits per heavy atom. The third-order valence-electron chi connectivity index (χ3n) is 2.57. The molecule has 0 aromatic carbocycles. The first-order valence-corrected chi connectivity index (χ1v) is 6.60. The lowest BCUT2D eigenvalue weighted by Gasteiger charge is -2.24. The van der Waals surface area contributed by atoms with Crippen LogP contribution >= 0.6 is 11.8 Å². The third kappa shape index (κ3) is 5.58. The van der Waals surface area contributed by atoms with Crippen molar-refractivity contribution < 1.29 is 0 Å². The van der Waals surface area contributed by atoms with Crippen LogP contribution in [-0.4, -0.2) is 24.1 Å². The summed E-state index contributed by atoms with van der Waals surface area (Å²) in [7, 11) is 0. The molecule has 0 saturated heterocycles. The number of hydrogen-bond donors (Lipinski definition) is 1. The van der Waals surface area contributed by atoms with Gasteiger partial charge in [-0.15, -0.1) is 0 Å². The van der Waals surface area contributed by atoms with E-state index >= 15 is 0 Å². The molecular formula is C11H23NS. The van der Waals surface area contributed by atoms with Crippen molar-refractivity contribution in [3.63, 3.8) is 0 Å². The second-order valence-electron chi connectivity index (χ2n) is 4.77. The fourth-order valence-electron chi connectivity index (χ4n) is 1.29. The van der Waals surface area contributed by atoms with Gasteiger partial charge in [0, 0.05) is 12.6 Å². The lowest BCUT2D eigenvalue weighted by atomic mass is 9.90. The van der Waals surface area contributed by atoms with Crippen LogP contribution in [-0.2, 0) is 0 Å². The van der Waals surface area contributed by atoms with Gasteiger partial charge in [0.05, 0.1) is 0 Å². The molecule has 0 aliphatic heterocycles. The Labute approximate surface area is 87.1 Å². The van der Waals surface area contributed by atoms with E-state index in [-0.39, 0.29) is 0 Å². The van der Waals surface area contributed by atoms with E-state index in [1.807, 2.05) is 0 Å². The lowest BCUT2D eigenvalue weighted by Crippen LogP contribution is -2.31. The van der Waals surface area contributed by atoms with Crippen molar-refractivity contribution in [3.8, 4) is 0 Å². The van der Waals surface area contributed by atoms with Crippen molar-refractivity contribution in [2.75, 3.05) is 18.1 Å². The fraction of sp³-hybridized carbons (Fsp3) is 1.00. The van der Waals surface area contributed by atoms with Gasteiger partial charge in [-0.25, -0.2) is 0 Å². The SMILES string of the molecule is CCSCCC(C)(C)CNC1CC1. The van der Waals surface area contributed by atoms with Gasteiger partial charge in [-0.1, -0.05) is 20.8 Å². The molecule has 0 spiro atoms. The standard InChI is InChI=1S/C11H23NS/c1-4-13-8-7-11(2,3)9-12-10-5-6-10/h10,12H,4-9H2,1-3H3. The average Bonchev–Trinajstić information content (AvgIpc) is 2.84. The van der Waals surface area contributed by atoms with Crippen LogP contribution < -0.4 is 5.32 Å². The van der Waals surface area contributed by atoms with Gasteiger partial charge in [0.2, 0.25) is 0 Å². The summed E-state index contributed by atoms with van der Waals surface area (Å²) >= 11 is 2.06. The summed E-state index contributed by atoms with van der Waals surface area (Å²) in [5, 5.41) is 3.61. The number of rotatable bonds is 7. The molecule has 78 valence electrons. The predicted molar refractivity (Wildman–Crippen MR) is 62.4 cm³/mol. The molecule has 2 heteroatoms. The Balaban J connectivity index is 2.03. The quantitative estimate of drug-likeness (QED) is 0.636. The molecule has 0 bridgehead atoms. The van der Waals surface area contributed by atoms with Crippen LogP contribution in [0.5, 0.6) is 0 Å². The van der Waals surface area contributed by atoms with Crippen LogP contribution in [0.1, 0.15) is 40.0 Å². The number of thioether (sulfide) groups is 1. The zero-order chi connectivity index (χ0) is 9.73. The van der Waals surface area contributed by atoms with Gasteiger partial charge < -0.3 is 5.32 Å². The maximum Gasteiger partial charge on any atom is 0.00684 e. The van der Waals surface area contributed by atoms with Crippen LogP contribution in [0.2, 0.25) is 0 Å². The highest BCUT2D eigenvalue weighted by molar-refractivity contribution is 7.99. The van der Waals surface area contributed by atoms with Crippen molar-refractivity contribution in [2.45, 2.75) is 46.1 Å². The second-order valence-corrected chi connectivity index (χ2v) is 6.16. The van der Waals surface area contributed by atoms with Crippen molar-refractivity contribution in [3.05, 3.63) is 0 Å². The van der Waals surface area contributed by atoms with E-state index < -0.39 is 0 Å². The average molecular weight is 201 g/mol. The normalized spacial score (nSPS) is 17.8. The minimum absolute atomic E-state index is 0.491. The summed E-state index contributed by atoms with van der Waals surface area (Å²) in [5.41, 5.74) is 0.491. The zero-order valence-electron chi connectivity index (χ0n) is 9.23. The van der Waals surface area contributed by atoms with Crippen LogP contribution in [0.3, 0.4) is 0 Å². The Bertz CT molecular complexity index is 141. The maximum atomic E-state index is 3.61. The molecule has 1 saturated carbocycles. The van der Waals surface area contributed by atoms with Gasteiger partial charge in [0.15, 0.2) is 0 Å². The molecule has 1 fully saturated rings. The molecule has 0 heterocycles. The minimum atomic E-state index is 0.491. The summed E-state index contributed by atoms with van der Waals surface area (Å²) in [6.45, 7) is 8.18. The molecule has 0 atom stereocenters. The molecule has 0 amide bonds. The van der Waals surface area contributed by atoms with E-state index in [4.69, 9.17) is 0 Å². The zero-order valence-corrected chi connectivity index (χ0v) is 10.0. The predicted octanol–water partition coefficient (Wildman–Crippen LogP) is 2.91. The molecule has 0 radical (unpaired) electrons. The first-order valence-electron chi connectivity index (χ1n) is 5.45. The molecule has 13 heavy (non-hydrogen) atoms. The highest BCUT2D eigenvalue weighted by Crippen LogP contribution is 2.25. The Morgan fingerprint density at radius 2 is 2.08 bits per heavy atom. The number of hydrogen-bond acceptors (Lipinski definition) is 2. The van der Waals surface area contributed by atoms with Crippen molar-refractivity contribution in [1.82, 2.24) is 5.32 Å². The number of nitrogens with one attached hydrogen (secondary N) is 1. The van der Waals surface area contributed by atoms with E-state index in [0.717, 1.165) is 6.04 Å².